The first-order valence-corrected chi connectivity index (χ1v) is 14.3. The van der Waals surface area contributed by atoms with Crippen molar-refractivity contribution in [1.82, 2.24) is 34.9 Å². The van der Waals surface area contributed by atoms with E-state index in [1.54, 1.807) is 6.33 Å². The topological polar surface area (TPSA) is 91.7 Å². The van der Waals surface area contributed by atoms with Gasteiger partial charge in [-0.1, -0.05) is 12.1 Å². The molecule has 2 aromatic heterocycles. The first-order valence-electron chi connectivity index (χ1n) is 14.3. The van der Waals surface area contributed by atoms with E-state index < -0.39 is 0 Å². The van der Waals surface area contributed by atoms with Gasteiger partial charge in [0.1, 0.15) is 17.9 Å². The maximum atomic E-state index is 13.3. The number of piperidine rings is 2. The van der Waals surface area contributed by atoms with Gasteiger partial charge in [-0.15, -0.1) is 0 Å². The Morgan fingerprint density at radius 3 is 2.64 bits per heavy atom. The summed E-state index contributed by atoms with van der Waals surface area (Å²) in [5.41, 5.74) is 1.93. The second-order valence-corrected chi connectivity index (χ2v) is 10.9. The van der Waals surface area contributed by atoms with Crippen LogP contribution in [0.3, 0.4) is 0 Å². The van der Waals surface area contributed by atoms with E-state index >= 15 is 0 Å². The maximum absolute atomic E-state index is 13.3. The van der Waals surface area contributed by atoms with Gasteiger partial charge in [0.25, 0.3) is 0 Å². The number of hydrogen-bond acceptors (Lipinski definition) is 8. The molecule has 0 radical (unpaired) electrons. The minimum absolute atomic E-state index is 0.0946. The van der Waals surface area contributed by atoms with Gasteiger partial charge >= 0.3 is 0 Å². The molecule has 0 spiro atoms. The van der Waals surface area contributed by atoms with Gasteiger partial charge in [-0.25, -0.2) is 14.6 Å². The van der Waals surface area contributed by atoms with E-state index in [-0.39, 0.29) is 5.92 Å². The van der Waals surface area contributed by atoms with Crippen molar-refractivity contribution >= 4 is 22.8 Å². The molecule has 0 saturated carbocycles. The molecule has 2 aliphatic heterocycles. The molecule has 0 bridgehead atoms. The number of nitrogens with zero attached hydrogens (tertiary/aromatic N) is 7. The molecular weight excluding hydrogens is 492 g/mol. The monoisotopic (exact) mass is 534 g/mol. The van der Waals surface area contributed by atoms with Crippen molar-refractivity contribution in [3.8, 4) is 5.75 Å². The third-order valence-corrected chi connectivity index (χ3v) is 7.90. The fraction of sp³-hybridized carbons (Fsp3) is 0.586. The first kappa shape index (κ1) is 27.3. The molecule has 1 N–H and O–H groups in total. The SMILES string of the molecule is CCOc1cccc(Cn2ncc3c(N4CCC(C(=O)N5CCC(NCCN(C)C)CC5)CC4)ncnc32)c1. The second kappa shape index (κ2) is 12.7. The van der Waals surface area contributed by atoms with Crippen LogP contribution in [-0.4, -0.2) is 101 Å². The zero-order chi connectivity index (χ0) is 27.2. The standard InChI is InChI=1S/C29H42N8O2/c1-4-39-25-7-5-6-22(18-25)20-37-28-26(19-33-37)27(31-21-32-28)35-13-8-23(9-14-35)29(38)36-15-10-24(11-16-36)30-12-17-34(2)3/h5-7,18-19,21,23-24,30H,4,8-17,20H2,1-3H3. The summed E-state index contributed by atoms with van der Waals surface area (Å²) in [6, 6.07) is 8.61. The van der Waals surface area contributed by atoms with E-state index in [2.05, 4.69) is 55.2 Å². The number of carbonyl (C=O) groups is 1. The maximum Gasteiger partial charge on any atom is 0.225 e. The van der Waals surface area contributed by atoms with Crippen LogP contribution in [0.4, 0.5) is 5.82 Å². The van der Waals surface area contributed by atoms with Crippen molar-refractivity contribution in [2.45, 2.75) is 45.2 Å². The molecule has 4 heterocycles. The van der Waals surface area contributed by atoms with E-state index in [9.17, 15) is 4.79 Å². The van der Waals surface area contributed by atoms with Crippen molar-refractivity contribution in [2.24, 2.45) is 5.92 Å². The second-order valence-electron chi connectivity index (χ2n) is 10.9. The Hall–Kier alpha value is -3.24. The number of nitrogens with one attached hydrogen (secondary N) is 1. The van der Waals surface area contributed by atoms with Gasteiger partial charge in [-0.05, 0) is 64.4 Å². The molecule has 3 aromatic rings. The number of carbonyl (C=O) groups excluding carboxylic acids is 1. The van der Waals surface area contributed by atoms with Crippen molar-refractivity contribution in [3.63, 3.8) is 0 Å². The van der Waals surface area contributed by atoms with Crippen molar-refractivity contribution in [2.75, 3.05) is 64.9 Å². The summed E-state index contributed by atoms with van der Waals surface area (Å²) in [6.45, 7) is 8.62. The summed E-state index contributed by atoms with van der Waals surface area (Å²) in [4.78, 5) is 29.1. The van der Waals surface area contributed by atoms with Crippen molar-refractivity contribution < 1.29 is 9.53 Å². The molecule has 2 aliphatic rings. The Labute approximate surface area is 231 Å². The Morgan fingerprint density at radius 1 is 1.10 bits per heavy atom. The molecule has 1 amide bonds. The third kappa shape index (κ3) is 6.67. The van der Waals surface area contributed by atoms with Gasteiger partial charge in [0.15, 0.2) is 5.65 Å². The van der Waals surface area contributed by atoms with E-state index in [0.717, 1.165) is 93.1 Å². The van der Waals surface area contributed by atoms with Crippen LogP contribution in [0, 0.1) is 5.92 Å². The summed E-state index contributed by atoms with van der Waals surface area (Å²) in [5.74, 6) is 2.19. The van der Waals surface area contributed by atoms with Crippen LogP contribution >= 0.6 is 0 Å². The van der Waals surface area contributed by atoms with Crippen LogP contribution in [0.15, 0.2) is 36.8 Å². The fourth-order valence-electron chi connectivity index (χ4n) is 5.71. The largest absolute Gasteiger partial charge is 0.494 e. The normalized spacial score (nSPS) is 17.3. The highest BCUT2D eigenvalue weighted by molar-refractivity contribution is 5.87. The number of likely N-dealkylation sites (N-methyl/N-ethyl adjacent to an activating group) is 1. The zero-order valence-corrected chi connectivity index (χ0v) is 23.6. The van der Waals surface area contributed by atoms with Crippen molar-refractivity contribution in [3.05, 3.63) is 42.4 Å². The van der Waals surface area contributed by atoms with E-state index in [1.807, 2.05) is 36.0 Å². The number of aromatic nitrogens is 4. The van der Waals surface area contributed by atoms with E-state index in [1.165, 1.54) is 0 Å². The number of ether oxygens (including phenoxy) is 1. The molecule has 10 heteroatoms. The number of fused-ring (bicyclic) bond motifs is 1. The molecule has 10 nitrogen and oxygen atoms in total. The molecule has 0 atom stereocenters. The summed E-state index contributed by atoms with van der Waals surface area (Å²) in [5, 5.41) is 9.23. The highest BCUT2D eigenvalue weighted by atomic mass is 16.5. The van der Waals surface area contributed by atoms with Crippen molar-refractivity contribution in [1.29, 1.82) is 0 Å². The fourth-order valence-corrected chi connectivity index (χ4v) is 5.71. The van der Waals surface area contributed by atoms with Crippen LogP contribution in [0.1, 0.15) is 38.2 Å². The molecule has 2 saturated heterocycles. The smallest absolute Gasteiger partial charge is 0.225 e. The lowest BCUT2D eigenvalue weighted by Crippen LogP contribution is -2.49. The molecular formula is C29H42N8O2. The molecule has 2 fully saturated rings. The van der Waals surface area contributed by atoms with Crippen LogP contribution in [0.2, 0.25) is 0 Å². The lowest BCUT2D eigenvalue weighted by Gasteiger charge is -2.38. The summed E-state index contributed by atoms with van der Waals surface area (Å²) in [7, 11) is 4.19. The molecule has 39 heavy (non-hydrogen) atoms. The number of benzene rings is 1. The highest BCUT2D eigenvalue weighted by Gasteiger charge is 2.31. The number of amides is 1. The number of rotatable bonds is 10. The Kier molecular flexibility index (Phi) is 8.93. The zero-order valence-electron chi connectivity index (χ0n) is 23.6. The molecule has 5 rings (SSSR count). The average molecular weight is 535 g/mol. The lowest BCUT2D eigenvalue weighted by atomic mass is 9.93. The van der Waals surface area contributed by atoms with Gasteiger partial charge in [0, 0.05) is 51.2 Å². The number of hydrogen-bond donors (Lipinski definition) is 1. The van der Waals surface area contributed by atoms with Gasteiger partial charge in [0.2, 0.25) is 5.91 Å². The van der Waals surface area contributed by atoms with E-state index in [0.29, 0.717) is 25.1 Å². The minimum atomic E-state index is 0.0946. The molecule has 0 aliphatic carbocycles. The number of anilines is 1. The average Bonchev–Trinajstić information content (AvgIpc) is 3.36. The van der Waals surface area contributed by atoms with Crippen LogP contribution in [0.5, 0.6) is 5.75 Å². The lowest BCUT2D eigenvalue weighted by molar-refractivity contribution is -0.137. The third-order valence-electron chi connectivity index (χ3n) is 7.90. The summed E-state index contributed by atoms with van der Waals surface area (Å²) in [6.07, 6.45) is 7.27. The van der Waals surface area contributed by atoms with Gasteiger partial charge in [-0.2, -0.15) is 5.10 Å². The molecule has 1 aromatic carbocycles. The summed E-state index contributed by atoms with van der Waals surface area (Å²) < 4.78 is 7.57. The van der Waals surface area contributed by atoms with Crippen LogP contribution in [-0.2, 0) is 11.3 Å². The first-order chi connectivity index (χ1) is 19.0. The summed E-state index contributed by atoms with van der Waals surface area (Å²) >= 11 is 0. The highest BCUT2D eigenvalue weighted by Crippen LogP contribution is 2.29. The Bertz CT molecular complexity index is 1230. The Balaban J connectivity index is 1.16. The van der Waals surface area contributed by atoms with Gasteiger partial charge in [0.05, 0.1) is 24.7 Å². The molecule has 0 unspecified atom stereocenters. The van der Waals surface area contributed by atoms with E-state index in [4.69, 9.17) is 4.74 Å². The molecule has 210 valence electrons. The minimum Gasteiger partial charge on any atom is -0.494 e. The number of likely N-dealkylation sites (tertiary alicyclic amines) is 1. The predicted octanol–water partition coefficient (Wildman–Crippen LogP) is 2.63. The Morgan fingerprint density at radius 2 is 1.90 bits per heavy atom. The van der Waals surface area contributed by atoms with Gasteiger partial charge < -0.3 is 24.8 Å². The predicted molar refractivity (Wildman–Crippen MR) is 153 cm³/mol. The van der Waals surface area contributed by atoms with Crippen LogP contribution < -0.4 is 15.0 Å². The quantitative estimate of drug-likeness (QED) is 0.425. The van der Waals surface area contributed by atoms with Gasteiger partial charge in [-0.3, -0.25) is 4.79 Å². The van der Waals surface area contributed by atoms with Crippen LogP contribution in [0.25, 0.3) is 11.0 Å².